The minimum Gasteiger partial charge on any atom is -0.381 e. The molecule has 3 rings (SSSR count). The maximum atomic E-state index is 12.0. The number of hydrogen-bond acceptors (Lipinski definition) is 5. The Morgan fingerprint density at radius 3 is 2.36 bits per heavy atom. The molecule has 0 bridgehead atoms. The summed E-state index contributed by atoms with van der Waals surface area (Å²) >= 11 is 0. The highest BCUT2D eigenvalue weighted by Gasteiger charge is 2.45. The summed E-state index contributed by atoms with van der Waals surface area (Å²) in [6.45, 7) is 10.4. The molecular formula is C15H29N3O3S. The zero-order valence-corrected chi connectivity index (χ0v) is 14.8. The van der Waals surface area contributed by atoms with Crippen LogP contribution in [0.2, 0.25) is 0 Å². The summed E-state index contributed by atoms with van der Waals surface area (Å²) in [5.41, 5.74) is -0.0895. The van der Waals surface area contributed by atoms with Crippen molar-refractivity contribution in [3.8, 4) is 0 Å². The minimum absolute atomic E-state index is 0.0895. The fourth-order valence-corrected chi connectivity index (χ4v) is 5.28. The molecule has 7 heteroatoms. The zero-order valence-electron chi connectivity index (χ0n) is 14.0. The smallest absolute Gasteiger partial charge is 0.211 e. The number of nitrogens with zero attached hydrogens (tertiary/aromatic N) is 3. The lowest BCUT2D eigenvalue weighted by atomic mass is 9.93. The lowest BCUT2D eigenvalue weighted by Gasteiger charge is -2.56. The molecule has 128 valence electrons. The molecule has 0 radical (unpaired) electrons. The van der Waals surface area contributed by atoms with Crippen molar-refractivity contribution in [1.82, 2.24) is 14.1 Å². The largest absolute Gasteiger partial charge is 0.381 e. The van der Waals surface area contributed by atoms with Gasteiger partial charge in [-0.15, -0.1) is 0 Å². The maximum absolute atomic E-state index is 12.0. The summed E-state index contributed by atoms with van der Waals surface area (Å²) in [7, 11) is -3.12. The summed E-state index contributed by atoms with van der Waals surface area (Å²) in [5, 5.41) is 0. The zero-order chi connectivity index (χ0) is 16.0. The van der Waals surface area contributed by atoms with Gasteiger partial charge in [0.15, 0.2) is 0 Å². The average Bonchev–Trinajstić information content (AvgIpc) is 2.46. The number of hydrogen-bond donors (Lipinski definition) is 0. The Morgan fingerprint density at radius 2 is 1.73 bits per heavy atom. The van der Waals surface area contributed by atoms with E-state index in [-0.39, 0.29) is 5.54 Å². The van der Waals surface area contributed by atoms with Crippen LogP contribution in [0.15, 0.2) is 0 Å². The summed E-state index contributed by atoms with van der Waals surface area (Å²) in [5.74, 6) is 0. The van der Waals surface area contributed by atoms with Gasteiger partial charge in [0.25, 0.3) is 0 Å². The SMILES string of the molecule is CC1(C)CN(S(C)(=O)=O)CC2CN(C3CCOCC3)CCN21. The number of ether oxygens (including phenoxy) is 1. The second kappa shape index (κ2) is 6.02. The topological polar surface area (TPSA) is 53.1 Å². The monoisotopic (exact) mass is 331 g/mol. The molecular weight excluding hydrogens is 302 g/mol. The van der Waals surface area contributed by atoms with Gasteiger partial charge in [-0.2, -0.15) is 4.31 Å². The van der Waals surface area contributed by atoms with Crippen molar-refractivity contribution in [3.63, 3.8) is 0 Å². The molecule has 6 nitrogen and oxygen atoms in total. The van der Waals surface area contributed by atoms with Crippen molar-refractivity contribution >= 4 is 10.0 Å². The Balaban J connectivity index is 1.73. The Bertz CT molecular complexity index is 502. The molecule has 0 aromatic carbocycles. The Kier molecular flexibility index (Phi) is 4.55. The van der Waals surface area contributed by atoms with E-state index in [0.717, 1.165) is 45.7 Å². The first-order valence-electron chi connectivity index (χ1n) is 8.31. The second-order valence-electron chi connectivity index (χ2n) is 7.55. The highest BCUT2D eigenvalue weighted by atomic mass is 32.2. The van der Waals surface area contributed by atoms with Crippen molar-refractivity contribution in [2.45, 2.75) is 44.3 Å². The number of sulfonamides is 1. The third-order valence-corrected chi connectivity index (χ3v) is 6.66. The van der Waals surface area contributed by atoms with Crippen LogP contribution in [0.3, 0.4) is 0 Å². The van der Waals surface area contributed by atoms with Crippen LogP contribution >= 0.6 is 0 Å². The second-order valence-corrected chi connectivity index (χ2v) is 9.54. The average molecular weight is 331 g/mol. The van der Waals surface area contributed by atoms with Crippen LogP contribution in [0.4, 0.5) is 0 Å². The molecule has 0 saturated carbocycles. The Morgan fingerprint density at radius 1 is 1.05 bits per heavy atom. The van der Waals surface area contributed by atoms with Crippen molar-refractivity contribution in [3.05, 3.63) is 0 Å². The first kappa shape index (κ1) is 16.6. The van der Waals surface area contributed by atoms with Crippen LogP contribution in [0.25, 0.3) is 0 Å². The van der Waals surface area contributed by atoms with E-state index in [1.807, 2.05) is 0 Å². The van der Waals surface area contributed by atoms with Gasteiger partial charge < -0.3 is 4.74 Å². The van der Waals surface area contributed by atoms with E-state index in [1.54, 1.807) is 4.31 Å². The van der Waals surface area contributed by atoms with Gasteiger partial charge in [-0.3, -0.25) is 9.80 Å². The molecule has 1 unspecified atom stereocenters. The fourth-order valence-electron chi connectivity index (χ4n) is 4.29. The summed E-state index contributed by atoms with van der Waals surface area (Å²) in [6.07, 6.45) is 3.54. The number of piperazine rings is 2. The fraction of sp³-hybridized carbons (Fsp3) is 1.00. The van der Waals surface area contributed by atoms with E-state index in [9.17, 15) is 8.42 Å². The first-order valence-corrected chi connectivity index (χ1v) is 10.2. The molecule has 3 saturated heterocycles. The van der Waals surface area contributed by atoms with Crippen LogP contribution in [-0.4, -0.2) is 92.3 Å². The third-order valence-electron chi connectivity index (χ3n) is 5.45. The van der Waals surface area contributed by atoms with Gasteiger partial charge in [0.1, 0.15) is 0 Å². The lowest BCUT2D eigenvalue weighted by Crippen LogP contribution is -2.71. The van der Waals surface area contributed by atoms with E-state index in [1.165, 1.54) is 6.26 Å². The molecule has 1 atom stereocenters. The quantitative estimate of drug-likeness (QED) is 0.724. The Labute approximate surface area is 134 Å². The van der Waals surface area contributed by atoms with E-state index in [0.29, 0.717) is 25.2 Å². The standard InChI is InChI=1S/C15H29N3O3S/c1-15(2)12-17(22(3,19)20)11-14-10-16(6-7-18(14)15)13-4-8-21-9-5-13/h13-14H,4-12H2,1-3H3. The van der Waals surface area contributed by atoms with Gasteiger partial charge in [0, 0.05) is 63.6 Å². The van der Waals surface area contributed by atoms with Gasteiger partial charge in [-0.1, -0.05) is 0 Å². The highest BCUT2D eigenvalue weighted by Crippen LogP contribution is 2.30. The minimum atomic E-state index is -3.12. The van der Waals surface area contributed by atoms with Crippen LogP contribution in [-0.2, 0) is 14.8 Å². The molecule has 0 spiro atoms. The summed E-state index contributed by atoms with van der Waals surface area (Å²) < 4.78 is 31.2. The van der Waals surface area contributed by atoms with Gasteiger partial charge in [0.2, 0.25) is 10.0 Å². The molecule has 3 heterocycles. The number of fused-ring (bicyclic) bond motifs is 1. The molecule has 0 amide bonds. The first-order chi connectivity index (χ1) is 10.3. The Hall–Kier alpha value is -0.210. The van der Waals surface area contributed by atoms with Gasteiger partial charge in [-0.05, 0) is 26.7 Å². The van der Waals surface area contributed by atoms with E-state index in [4.69, 9.17) is 4.74 Å². The lowest BCUT2D eigenvalue weighted by molar-refractivity contribution is -0.0654. The van der Waals surface area contributed by atoms with E-state index < -0.39 is 10.0 Å². The van der Waals surface area contributed by atoms with Crippen LogP contribution < -0.4 is 0 Å². The van der Waals surface area contributed by atoms with Crippen LogP contribution in [0.5, 0.6) is 0 Å². The molecule has 0 N–H and O–H groups in total. The predicted molar refractivity (Wildman–Crippen MR) is 86.4 cm³/mol. The van der Waals surface area contributed by atoms with Gasteiger partial charge in [-0.25, -0.2) is 8.42 Å². The molecule has 3 fully saturated rings. The summed E-state index contributed by atoms with van der Waals surface area (Å²) in [4.78, 5) is 5.08. The summed E-state index contributed by atoms with van der Waals surface area (Å²) in [6, 6.07) is 0.905. The van der Waals surface area contributed by atoms with E-state index in [2.05, 4.69) is 23.6 Å². The van der Waals surface area contributed by atoms with Gasteiger partial charge in [0.05, 0.1) is 6.26 Å². The van der Waals surface area contributed by atoms with Crippen molar-refractivity contribution in [2.24, 2.45) is 0 Å². The number of rotatable bonds is 2. The molecule has 0 aliphatic carbocycles. The predicted octanol–water partition coefficient (Wildman–Crippen LogP) is 0.205. The highest BCUT2D eigenvalue weighted by molar-refractivity contribution is 7.88. The maximum Gasteiger partial charge on any atom is 0.211 e. The van der Waals surface area contributed by atoms with Crippen LogP contribution in [0.1, 0.15) is 26.7 Å². The molecule has 3 aliphatic heterocycles. The molecule has 22 heavy (non-hydrogen) atoms. The van der Waals surface area contributed by atoms with Crippen LogP contribution in [0, 0.1) is 0 Å². The molecule has 3 aliphatic rings. The van der Waals surface area contributed by atoms with E-state index >= 15 is 0 Å². The van der Waals surface area contributed by atoms with Crippen molar-refractivity contribution in [1.29, 1.82) is 0 Å². The third kappa shape index (κ3) is 3.33. The van der Waals surface area contributed by atoms with Gasteiger partial charge >= 0.3 is 0 Å². The normalized spacial score (nSPS) is 32.8. The molecule has 0 aromatic heterocycles. The van der Waals surface area contributed by atoms with Crippen molar-refractivity contribution < 1.29 is 13.2 Å². The van der Waals surface area contributed by atoms with Crippen molar-refractivity contribution in [2.75, 3.05) is 52.2 Å². The molecule has 0 aromatic rings.